The molecule has 0 aromatic rings. The third-order valence-corrected chi connectivity index (χ3v) is 3.48. The topological polar surface area (TPSA) is 29.5 Å². The van der Waals surface area contributed by atoms with E-state index in [-0.39, 0.29) is 0 Å². The van der Waals surface area contributed by atoms with Crippen LogP contribution in [0.25, 0.3) is 0 Å². The summed E-state index contributed by atoms with van der Waals surface area (Å²) in [6.45, 7) is 0.775. The van der Waals surface area contributed by atoms with E-state index in [0.717, 1.165) is 6.61 Å². The van der Waals surface area contributed by atoms with Crippen molar-refractivity contribution in [1.29, 1.82) is 0 Å². The molecule has 0 amide bonds. The Balaban J connectivity index is 1.97. The van der Waals surface area contributed by atoms with Crippen molar-refractivity contribution in [3.63, 3.8) is 0 Å². The second-order valence-electron chi connectivity index (χ2n) is 3.91. The van der Waals surface area contributed by atoms with E-state index < -0.39 is 6.29 Å². The van der Waals surface area contributed by atoms with Crippen molar-refractivity contribution >= 4 is 0 Å². The number of fused-ring (bicyclic) bond motifs is 5. The molecule has 3 aliphatic rings. The standard InChI is InChI=1S/C9H12O2/c10-9-8-6-2-1-5(3-6)7(8)4-11-9/h1-2,5-10H,3-4H2/t5?,6?,7-,8+,9-/m1/s1. The zero-order valence-electron chi connectivity index (χ0n) is 6.31. The van der Waals surface area contributed by atoms with Gasteiger partial charge in [-0.25, -0.2) is 0 Å². The van der Waals surface area contributed by atoms with Crippen molar-refractivity contribution in [2.24, 2.45) is 23.7 Å². The highest BCUT2D eigenvalue weighted by atomic mass is 16.6. The van der Waals surface area contributed by atoms with E-state index in [9.17, 15) is 5.11 Å². The molecule has 0 aromatic carbocycles. The van der Waals surface area contributed by atoms with Crippen molar-refractivity contribution in [2.75, 3.05) is 6.61 Å². The van der Waals surface area contributed by atoms with Crippen LogP contribution >= 0.6 is 0 Å². The van der Waals surface area contributed by atoms with Gasteiger partial charge >= 0.3 is 0 Å². The summed E-state index contributed by atoms with van der Waals surface area (Å²) in [5.41, 5.74) is 0. The van der Waals surface area contributed by atoms with Gasteiger partial charge in [0, 0.05) is 5.92 Å². The summed E-state index contributed by atoms with van der Waals surface area (Å²) in [4.78, 5) is 0. The quantitative estimate of drug-likeness (QED) is 0.519. The molecule has 0 spiro atoms. The molecule has 2 nitrogen and oxygen atoms in total. The van der Waals surface area contributed by atoms with E-state index in [1.54, 1.807) is 0 Å². The normalized spacial score (nSPS) is 58.8. The van der Waals surface area contributed by atoms with E-state index in [0.29, 0.717) is 23.7 Å². The number of hydrogen-bond acceptors (Lipinski definition) is 2. The second-order valence-corrected chi connectivity index (χ2v) is 3.91. The molecule has 0 radical (unpaired) electrons. The highest BCUT2D eigenvalue weighted by Gasteiger charge is 2.51. The van der Waals surface area contributed by atoms with Gasteiger partial charge in [0.05, 0.1) is 6.61 Å². The summed E-state index contributed by atoms with van der Waals surface area (Å²) < 4.78 is 5.22. The van der Waals surface area contributed by atoms with Crippen LogP contribution < -0.4 is 0 Å². The molecular weight excluding hydrogens is 140 g/mol. The van der Waals surface area contributed by atoms with Gasteiger partial charge in [0.1, 0.15) is 0 Å². The van der Waals surface area contributed by atoms with E-state index in [1.165, 1.54) is 6.42 Å². The minimum atomic E-state index is -0.472. The summed E-state index contributed by atoms with van der Waals surface area (Å²) >= 11 is 0. The van der Waals surface area contributed by atoms with Crippen LogP contribution in [0.4, 0.5) is 0 Å². The number of hydrogen-bond donors (Lipinski definition) is 1. The van der Waals surface area contributed by atoms with Crippen molar-refractivity contribution in [3.05, 3.63) is 12.2 Å². The Morgan fingerprint density at radius 3 is 2.91 bits per heavy atom. The third-order valence-electron chi connectivity index (χ3n) is 3.48. The molecule has 2 aliphatic carbocycles. The summed E-state index contributed by atoms with van der Waals surface area (Å²) in [7, 11) is 0. The van der Waals surface area contributed by atoms with Crippen LogP contribution in [0.5, 0.6) is 0 Å². The van der Waals surface area contributed by atoms with E-state index >= 15 is 0 Å². The van der Waals surface area contributed by atoms with Crippen LogP contribution in [0.15, 0.2) is 12.2 Å². The SMILES string of the molecule is O[C@@H]1OC[C@@H]2C3C=CC(C3)[C@H]12. The number of ether oxygens (including phenoxy) is 1. The average molecular weight is 152 g/mol. The van der Waals surface area contributed by atoms with Gasteiger partial charge in [-0.05, 0) is 24.2 Å². The van der Waals surface area contributed by atoms with Gasteiger partial charge in [-0.15, -0.1) is 0 Å². The molecule has 2 fully saturated rings. The Hall–Kier alpha value is -0.340. The van der Waals surface area contributed by atoms with Crippen molar-refractivity contribution in [3.8, 4) is 0 Å². The second kappa shape index (κ2) is 1.87. The molecule has 2 heteroatoms. The molecule has 2 unspecified atom stereocenters. The first-order chi connectivity index (χ1) is 5.36. The predicted molar refractivity (Wildman–Crippen MR) is 39.7 cm³/mol. The van der Waals surface area contributed by atoms with Gasteiger partial charge in [-0.1, -0.05) is 12.2 Å². The molecule has 1 saturated carbocycles. The van der Waals surface area contributed by atoms with Crippen LogP contribution in [0.1, 0.15) is 6.42 Å². The van der Waals surface area contributed by atoms with Gasteiger partial charge in [0.15, 0.2) is 6.29 Å². The van der Waals surface area contributed by atoms with Crippen molar-refractivity contribution in [1.82, 2.24) is 0 Å². The number of aliphatic hydroxyl groups excluding tert-OH is 1. The molecule has 5 atom stereocenters. The first-order valence-corrected chi connectivity index (χ1v) is 4.34. The van der Waals surface area contributed by atoms with Crippen LogP contribution in [-0.2, 0) is 4.74 Å². The third kappa shape index (κ3) is 0.644. The lowest BCUT2D eigenvalue weighted by Crippen LogP contribution is -2.23. The first kappa shape index (κ1) is 6.21. The Morgan fingerprint density at radius 2 is 2.09 bits per heavy atom. The fourth-order valence-corrected chi connectivity index (χ4v) is 2.94. The zero-order chi connectivity index (χ0) is 7.42. The highest BCUT2D eigenvalue weighted by Crippen LogP contribution is 2.52. The van der Waals surface area contributed by atoms with Crippen molar-refractivity contribution < 1.29 is 9.84 Å². The monoisotopic (exact) mass is 152 g/mol. The van der Waals surface area contributed by atoms with E-state index in [2.05, 4.69) is 12.2 Å². The molecule has 1 N–H and O–H groups in total. The zero-order valence-corrected chi connectivity index (χ0v) is 6.31. The fraction of sp³-hybridized carbons (Fsp3) is 0.778. The van der Waals surface area contributed by atoms with Gasteiger partial charge in [0.25, 0.3) is 0 Å². The number of allylic oxidation sites excluding steroid dienone is 2. The van der Waals surface area contributed by atoms with Crippen molar-refractivity contribution in [2.45, 2.75) is 12.7 Å². The molecule has 3 rings (SSSR count). The lowest BCUT2D eigenvalue weighted by molar-refractivity contribution is -0.0885. The summed E-state index contributed by atoms with van der Waals surface area (Å²) in [6.07, 6.45) is 5.34. The lowest BCUT2D eigenvalue weighted by atomic mass is 9.85. The van der Waals surface area contributed by atoms with E-state index in [4.69, 9.17) is 4.74 Å². The molecule has 1 aliphatic heterocycles. The Labute approximate surface area is 65.9 Å². The number of aliphatic hydroxyl groups is 1. The largest absolute Gasteiger partial charge is 0.368 e. The fourth-order valence-electron chi connectivity index (χ4n) is 2.94. The minimum absolute atomic E-state index is 0.421. The molecule has 11 heavy (non-hydrogen) atoms. The maximum atomic E-state index is 9.47. The highest BCUT2D eigenvalue weighted by molar-refractivity contribution is 5.15. The Bertz CT molecular complexity index is 212. The Kier molecular flexibility index (Phi) is 1.06. The van der Waals surface area contributed by atoms with Gasteiger partial charge in [0.2, 0.25) is 0 Å². The maximum absolute atomic E-state index is 9.47. The molecule has 0 aromatic heterocycles. The van der Waals surface area contributed by atoms with Crippen LogP contribution in [0.2, 0.25) is 0 Å². The maximum Gasteiger partial charge on any atom is 0.158 e. The average Bonchev–Trinajstić information content (AvgIpc) is 2.60. The van der Waals surface area contributed by atoms with Gasteiger partial charge in [-0.2, -0.15) is 0 Å². The summed E-state index contributed by atoms with van der Waals surface area (Å²) in [6, 6.07) is 0. The summed E-state index contributed by atoms with van der Waals surface area (Å²) in [5, 5.41) is 9.47. The number of rotatable bonds is 0. The molecule has 1 heterocycles. The molecular formula is C9H12O2. The van der Waals surface area contributed by atoms with E-state index in [1.807, 2.05) is 0 Å². The predicted octanol–water partition coefficient (Wildman–Crippen LogP) is 0.773. The molecule has 60 valence electrons. The minimum Gasteiger partial charge on any atom is -0.368 e. The summed E-state index contributed by atoms with van der Waals surface area (Å²) in [5.74, 6) is 2.37. The first-order valence-electron chi connectivity index (χ1n) is 4.34. The lowest BCUT2D eigenvalue weighted by Gasteiger charge is -2.19. The molecule has 2 bridgehead atoms. The smallest absolute Gasteiger partial charge is 0.158 e. The van der Waals surface area contributed by atoms with Gasteiger partial charge < -0.3 is 9.84 Å². The Morgan fingerprint density at radius 1 is 1.27 bits per heavy atom. The molecule has 1 saturated heterocycles. The van der Waals surface area contributed by atoms with Crippen LogP contribution in [0, 0.1) is 23.7 Å². The van der Waals surface area contributed by atoms with Gasteiger partial charge in [-0.3, -0.25) is 0 Å². The van der Waals surface area contributed by atoms with Crippen LogP contribution in [0.3, 0.4) is 0 Å². The van der Waals surface area contributed by atoms with Crippen LogP contribution in [-0.4, -0.2) is 18.0 Å².